The molecule has 0 heterocycles. The molecule has 2 heteroatoms. The fraction of sp³-hybridized carbons (Fsp3) is 1.00. The summed E-state index contributed by atoms with van der Waals surface area (Å²) in [6.45, 7) is 5.95. The van der Waals surface area contributed by atoms with Crippen molar-refractivity contribution in [2.75, 3.05) is 12.8 Å². The topological polar surface area (TPSA) is 12.0 Å². The zero-order valence-corrected chi connectivity index (χ0v) is 13.8. The van der Waals surface area contributed by atoms with Gasteiger partial charge in [0.15, 0.2) is 0 Å². The Morgan fingerprint density at radius 1 is 0.947 bits per heavy atom. The lowest BCUT2D eigenvalue weighted by Crippen LogP contribution is -2.56. The minimum Gasteiger partial charge on any atom is -0.312 e. The maximum absolute atomic E-state index is 4.04. The van der Waals surface area contributed by atoms with Crippen LogP contribution in [0.2, 0.25) is 0 Å². The normalized spacial score (nSPS) is 40.9. The van der Waals surface area contributed by atoms with E-state index in [1.54, 1.807) is 6.42 Å². The third kappa shape index (κ3) is 2.60. The molecule has 4 rings (SSSR count). The van der Waals surface area contributed by atoms with Crippen molar-refractivity contribution >= 4 is 11.8 Å². The predicted octanol–water partition coefficient (Wildman–Crippen LogP) is 4.32. The maximum Gasteiger partial charge on any atom is 0.0276 e. The lowest BCUT2D eigenvalue weighted by Gasteiger charge is -2.55. The molecule has 4 fully saturated rings. The van der Waals surface area contributed by atoms with E-state index < -0.39 is 0 Å². The molecule has 0 aromatic rings. The van der Waals surface area contributed by atoms with Crippen LogP contribution >= 0.6 is 11.8 Å². The van der Waals surface area contributed by atoms with Gasteiger partial charge in [-0.1, -0.05) is 13.8 Å². The van der Waals surface area contributed by atoms with E-state index in [4.69, 9.17) is 0 Å². The van der Waals surface area contributed by atoms with Gasteiger partial charge in [0.1, 0.15) is 0 Å². The summed E-state index contributed by atoms with van der Waals surface area (Å²) >= 11 is 2.08. The summed E-state index contributed by atoms with van der Waals surface area (Å²) in [7, 11) is 0. The van der Waals surface area contributed by atoms with Crippen LogP contribution in [0.4, 0.5) is 0 Å². The van der Waals surface area contributed by atoms with Gasteiger partial charge in [-0.25, -0.2) is 0 Å². The van der Waals surface area contributed by atoms with Crippen LogP contribution < -0.4 is 5.32 Å². The van der Waals surface area contributed by atoms with Gasteiger partial charge in [-0.3, -0.25) is 0 Å². The van der Waals surface area contributed by atoms with Gasteiger partial charge in [-0.15, -0.1) is 0 Å². The van der Waals surface area contributed by atoms with Crippen molar-refractivity contribution in [3.8, 4) is 0 Å². The second kappa shape index (κ2) is 5.60. The number of hydrogen-bond donors (Lipinski definition) is 1. The largest absolute Gasteiger partial charge is 0.312 e. The molecule has 0 aromatic heterocycles. The van der Waals surface area contributed by atoms with Gasteiger partial charge in [-0.2, -0.15) is 11.8 Å². The zero-order chi connectivity index (χ0) is 13.5. The summed E-state index contributed by atoms with van der Waals surface area (Å²) in [5, 5.41) is 4.04. The maximum atomic E-state index is 4.04. The molecule has 0 aromatic carbocycles. The standard InChI is InChI=1S/C17H31NS/c1-4-17(5-2,19-3)11-18-16-14-7-12-6-13(9-14)10-15(16)8-12/h12-16,18H,4-11H2,1-3H3. The Labute approximate surface area is 123 Å². The van der Waals surface area contributed by atoms with Crippen LogP contribution in [0.3, 0.4) is 0 Å². The Kier molecular flexibility index (Phi) is 4.20. The first-order chi connectivity index (χ1) is 9.19. The lowest BCUT2D eigenvalue weighted by atomic mass is 9.54. The first-order valence-electron chi connectivity index (χ1n) is 8.48. The number of rotatable bonds is 6. The SMILES string of the molecule is CCC(CC)(CNC1C2CC3CC(C2)CC1C3)SC. The van der Waals surface area contributed by atoms with Crippen LogP contribution in [-0.2, 0) is 0 Å². The number of thioether (sulfide) groups is 1. The van der Waals surface area contributed by atoms with E-state index in [2.05, 4.69) is 37.2 Å². The van der Waals surface area contributed by atoms with Gasteiger partial charge in [-0.05, 0) is 74.9 Å². The Morgan fingerprint density at radius 3 is 1.89 bits per heavy atom. The molecule has 0 radical (unpaired) electrons. The molecule has 0 amide bonds. The summed E-state index contributed by atoms with van der Waals surface area (Å²) in [4.78, 5) is 0. The molecule has 0 spiro atoms. The van der Waals surface area contributed by atoms with E-state index in [0.717, 1.165) is 29.7 Å². The molecule has 4 saturated carbocycles. The van der Waals surface area contributed by atoms with Crippen molar-refractivity contribution in [3.05, 3.63) is 0 Å². The van der Waals surface area contributed by atoms with Crippen LogP contribution in [-0.4, -0.2) is 23.6 Å². The average Bonchev–Trinajstić information content (AvgIpc) is 2.42. The fourth-order valence-corrected chi connectivity index (χ4v) is 6.23. The molecule has 1 nitrogen and oxygen atoms in total. The van der Waals surface area contributed by atoms with Crippen LogP contribution in [0.5, 0.6) is 0 Å². The summed E-state index contributed by atoms with van der Waals surface area (Å²) in [6, 6.07) is 0.859. The molecule has 0 aliphatic heterocycles. The highest BCUT2D eigenvalue weighted by molar-refractivity contribution is 8.00. The summed E-state index contributed by atoms with van der Waals surface area (Å²) in [5.74, 6) is 4.24. The van der Waals surface area contributed by atoms with Crippen LogP contribution in [0.15, 0.2) is 0 Å². The minimum atomic E-state index is 0.481. The van der Waals surface area contributed by atoms with Gasteiger partial charge in [0.2, 0.25) is 0 Å². The molecule has 0 unspecified atom stereocenters. The Bertz CT molecular complexity index is 274. The lowest BCUT2D eigenvalue weighted by molar-refractivity contribution is -0.0143. The zero-order valence-electron chi connectivity index (χ0n) is 13.0. The van der Waals surface area contributed by atoms with Crippen molar-refractivity contribution in [2.45, 2.75) is 69.6 Å². The van der Waals surface area contributed by atoms with E-state index in [0.29, 0.717) is 4.75 Å². The summed E-state index contributed by atoms with van der Waals surface area (Å²) in [5.41, 5.74) is 0. The fourth-order valence-electron chi connectivity index (χ4n) is 5.42. The third-order valence-electron chi connectivity index (χ3n) is 6.61. The monoisotopic (exact) mass is 281 g/mol. The first-order valence-corrected chi connectivity index (χ1v) is 9.70. The van der Waals surface area contributed by atoms with Gasteiger partial charge in [0.25, 0.3) is 0 Å². The second-order valence-corrected chi connectivity index (χ2v) is 8.71. The van der Waals surface area contributed by atoms with Gasteiger partial charge >= 0.3 is 0 Å². The quantitative estimate of drug-likeness (QED) is 0.778. The second-order valence-electron chi connectivity index (χ2n) is 7.43. The molecule has 19 heavy (non-hydrogen) atoms. The Hall–Kier alpha value is 0.310. The molecule has 4 bridgehead atoms. The highest BCUT2D eigenvalue weighted by Crippen LogP contribution is 2.53. The molecule has 1 N–H and O–H groups in total. The molecule has 0 atom stereocenters. The van der Waals surface area contributed by atoms with E-state index in [1.807, 2.05) is 0 Å². The number of nitrogens with one attached hydrogen (secondary N) is 1. The molecule has 4 aliphatic rings. The van der Waals surface area contributed by atoms with Gasteiger partial charge in [0, 0.05) is 17.3 Å². The van der Waals surface area contributed by atoms with E-state index >= 15 is 0 Å². The van der Waals surface area contributed by atoms with Gasteiger partial charge < -0.3 is 5.32 Å². The highest BCUT2D eigenvalue weighted by atomic mass is 32.2. The minimum absolute atomic E-state index is 0.481. The van der Waals surface area contributed by atoms with Crippen molar-refractivity contribution in [1.82, 2.24) is 5.32 Å². The van der Waals surface area contributed by atoms with Crippen molar-refractivity contribution in [3.63, 3.8) is 0 Å². The molecular formula is C17H31NS. The first kappa shape index (κ1) is 14.3. The summed E-state index contributed by atoms with van der Waals surface area (Å²) < 4.78 is 0.481. The van der Waals surface area contributed by atoms with Crippen LogP contribution in [0.1, 0.15) is 58.8 Å². The van der Waals surface area contributed by atoms with E-state index in [9.17, 15) is 0 Å². The smallest absolute Gasteiger partial charge is 0.0276 e. The molecule has 0 saturated heterocycles. The average molecular weight is 282 g/mol. The van der Waals surface area contributed by atoms with Crippen molar-refractivity contribution in [2.24, 2.45) is 23.7 Å². The Morgan fingerprint density at radius 2 is 1.47 bits per heavy atom. The summed E-state index contributed by atoms with van der Waals surface area (Å²) in [6.07, 6.45) is 12.6. The molecular weight excluding hydrogens is 250 g/mol. The van der Waals surface area contributed by atoms with Crippen LogP contribution in [0.25, 0.3) is 0 Å². The Balaban J connectivity index is 1.61. The van der Waals surface area contributed by atoms with Crippen molar-refractivity contribution < 1.29 is 0 Å². The predicted molar refractivity (Wildman–Crippen MR) is 85.7 cm³/mol. The van der Waals surface area contributed by atoms with Gasteiger partial charge in [0.05, 0.1) is 0 Å². The van der Waals surface area contributed by atoms with Crippen LogP contribution in [0, 0.1) is 23.7 Å². The third-order valence-corrected chi connectivity index (χ3v) is 8.20. The molecule has 110 valence electrons. The highest BCUT2D eigenvalue weighted by Gasteiger charge is 2.48. The van der Waals surface area contributed by atoms with E-state index in [-0.39, 0.29) is 0 Å². The van der Waals surface area contributed by atoms with Crippen molar-refractivity contribution in [1.29, 1.82) is 0 Å². The number of hydrogen-bond acceptors (Lipinski definition) is 2. The molecule has 4 aliphatic carbocycles. The van der Waals surface area contributed by atoms with E-state index in [1.165, 1.54) is 45.1 Å².